The summed E-state index contributed by atoms with van der Waals surface area (Å²) >= 11 is 3.27. The van der Waals surface area contributed by atoms with E-state index in [4.69, 9.17) is 0 Å². The van der Waals surface area contributed by atoms with E-state index in [0.717, 1.165) is 4.47 Å². The van der Waals surface area contributed by atoms with Gasteiger partial charge in [-0.25, -0.2) is 8.42 Å². The highest BCUT2D eigenvalue weighted by atomic mass is 79.9. The number of aliphatic carboxylic acids is 1. The quantitative estimate of drug-likeness (QED) is 0.826. The third kappa shape index (κ3) is 2.17. The number of aliphatic hydroxyl groups excluding tert-OH is 1. The van der Waals surface area contributed by atoms with Crippen LogP contribution in [0.4, 0.5) is 0 Å². The maximum Gasteiger partial charge on any atom is 0.314 e. The van der Waals surface area contributed by atoms with E-state index in [2.05, 4.69) is 15.9 Å². The van der Waals surface area contributed by atoms with Gasteiger partial charge in [-0.3, -0.25) is 4.79 Å². The molecular formula is C13H15BrO5S. The topological polar surface area (TPSA) is 91.7 Å². The first-order valence-electron chi connectivity index (χ1n) is 6.12. The molecule has 20 heavy (non-hydrogen) atoms. The number of carboxylic acid groups (broad SMARTS) is 1. The largest absolute Gasteiger partial charge is 0.481 e. The van der Waals surface area contributed by atoms with Gasteiger partial charge in [0, 0.05) is 16.1 Å². The van der Waals surface area contributed by atoms with Crippen LogP contribution in [0, 0.1) is 5.41 Å². The molecular weight excluding hydrogens is 348 g/mol. The molecule has 110 valence electrons. The molecule has 1 aliphatic rings. The van der Waals surface area contributed by atoms with Gasteiger partial charge in [0.2, 0.25) is 0 Å². The van der Waals surface area contributed by atoms with E-state index in [-0.39, 0.29) is 5.75 Å². The first-order chi connectivity index (χ1) is 9.31. The molecule has 2 rings (SSSR count). The Morgan fingerprint density at radius 3 is 2.30 bits per heavy atom. The summed E-state index contributed by atoms with van der Waals surface area (Å²) in [5, 5.41) is 17.8. The highest BCUT2D eigenvalue weighted by Crippen LogP contribution is 2.63. The lowest BCUT2D eigenvalue weighted by Gasteiger charge is -2.08. The molecule has 0 bridgehead atoms. The van der Waals surface area contributed by atoms with Gasteiger partial charge in [0.15, 0.2) is 9.84 Å². The second-order valence-corrected chi connectivity index (χ2v) is 8.23. The molecule has 0 unspecified atom stereocenters. The molecule has 1 aliphatic carbocycles. The molecule has 0 radical (unpaired) electrons. The summed E-state index contributed by atoms with van der Waals surface area (Å²) < 4.78 is 25.0. The summed E-state index contributed by atoms with van der Waals surface area (Å²) in [6.07, 6.45) is 0. The highest BCUT2D eigenvalue weighted by molar-refractivity contribution is 9.10. The number of sulfone groups is 1. The molecule has 0 heterocycles. The molecule has 1 saturated carbocycles. The van der Waals surface area contributed by atoms with Crippen molar-refractivity contribution in [1.29, 1.82) is 0 Å². The van der Waals surface area contributed by atoms with E-state index in [1.54, 1.807) is 24.3 Å². The van der Waals surface area contributed by atoms with Crippen molar-refractivity contribution in [3.63, 3.8) is 0 Å². The molecule has 3 atom stereocenters. The van der Waals surface area contributed by atoms with E-state index in [9.17, 15) is 23.4 Å². The third-order valence-corrected chi connectivity index (χ3v) is 6.73. The number of halogens is 1. The first-order valence-corrected chi connectivity index (χ1v) is 8.63. The zero-order chi connectivity index (χ0) is 15.1. The average Bonchev–Trinajstić information content (AvgIpc) is 3.11. The molecule has 1 aromatic rings. The Bertz CT molecular complexity index is 625. The number of hydrogen-bond donors (Lipinski definition) is 2. The number of carbonyl (C=O) groups is 1. The molecule has 1 fully saturated rings. The van der Waals surface area contributed by atoms with Crippen LogP contribution in [0.5, 0.6) is 0 Å². The van der Waals surface area contributed by atoms with Gasteiger partial charge in [0.05, 0.1) is 11.9 Å². The van der Waals surface area contributed by atoms with Gasteiger partial charge in [-0.2, -0.15) is 0 Å². The molecule has 0 saturated heterocycles. The Balaban J connectivity index is 2.50. The number of aliphatic hydroxyl groups is 1. The minimum atomic E-state index is -3.55. The van der Waals surface area contributed by atoms with Crippen LogP contribution < -0.4 is 0 Å². The fraction of sp³-hybridized carbons (Fsp3) is 0.462. The van der Waals surface area contributed by atoms with Gasteiger partial charge in [-0.15, -0.1) is 0 Å². The van der Waals surface area contributed by atoms with E-state index in [0.29, 0.717) is 5.56 Å². The van der Waals surface area contributed by atoms with Gasteiger partial charge in [-0.05, 0) is 17.7 Å². The van der Waals surface area contributed by atoms with Gasteiger partial charge in [0.1, 0.15) is 5.41 Å². The summed E-state index contributed by atoms with van der Waals surface area (Å²) in [6.45, 7) is 0.795. The standard InChI is InChI=1S/C13H15BrO5S/c1-2-20(18,19)11-10(13(11,7-15)12(16)17)8-3-5-9(14)6-4-8/h3-6,10-11,15H,2,7H2,1H3,(H,16,17)/t10-,11-,13-/m1/s1. The van der Waals surface area contributed by atoms with Gasteiger partial charge in [-0.1, -0.05) is 35.0 Å². The Morgan fingerprint density at radius 1 is 1.35 bits per heavy atom. The molecule has 0 spiro atoms. The van der Waals surface area contributed by atoms with Crippen LogP contribution in [0.2, 0.25) is 0 Å². The lowest BCUT2D eigenvalue weighted by atomic mass is 10.0. The van der Waals surface area contributed by atoms with Gasteiger partial charge < -0.3 is 10.2 Å². The minimum Gasteiger partial charge on any atom is -0.481 e. The van der Waals surface area contributed by atoms with Crippen LogP contribution in [-0.4, -0.2) is 42.2 Å². The fourth-order valence-electron chi connectivity index (χ4n) is 2.77. The Morgan fingerprint density at radius 2 is 1.90 bits per heavy atom. The second kappa shape index (κ2) is 5.13. The summed E-state index contributed by atoms with van der Waals surface area (Å²) in [5.41, 5.74) is -1.01. The average molecular weight is 363 g/mol. The monoisotopic (exact) mass is 362 g/mol. The van der Waals surface area contributed by atoms with E-state index in [1.807, 2.05) is 0 Å². The third-order valence-electron chi connectivity index (χ3n) is 3.93. The SMILES string of the molecule is CCS(=O)(=O)[C@@H]1[C@@H](c2ccc(Br)cc2)[C@@]1(CO)C(=O)O. The van der Waals surface area contributed by atoms with Crippen LogP contribution in [0.15, 0.2) is 28.7 Å². The molecule has 0 aliphatic heterocycles. The first kappa shape index (κ1) is 15.5. The number of rotatable bonds is 5. The maximum atomic E-state index is 12.1. The second-order valence-electron chi connectivity index (χ2n) is 4.90. The molecule has 0 aromatic heterocycles. The normalized spacial score (nSPS) is 29.1. The van der Waals surface area contributed by atoms with Crippen molar-refractivity contribution in [3.8, 4) is 0 Å². The maximum absolute atomic E-state index is 12.1. The summed E-state index contributed by atoms with van der Waals surface area (Å²) in [6, 6.07) is 6.83. The van der Waals surface area contributed by atoms with Crippen molar-refractivity contribution in [2.75, 3.05) is 12.4 Å². The van der Waals surface area contributed by atoms with Crippen LogP contribution in [-0.2, 0) is 14.6 Å². The highest BCUT2D eigenvalue weighted by Gasteiger charge is 2.75. The number of hydrogen-bond acceptors (Lipinski definition) is 4. The van der Waals surface area contributed by atoms with Gasteiger partial charge >= 0.3 is 5.97 Å². The van der Waals surface area contributed by atoms with Gasteiger partial charge in [0.25, 0.3) is 0 Å². The zero-order valence-electron chi connectivity index (χ0n) is 10.8. The van der Waals surface area contributed by atoms with Crippen LogP contribution >= 0.6 is 15.9 Å². The van der Waals surface area contributed by atoms with Crippen molar-refractivity contribution in [2.24, 2.45) is 5.41 Å². The number of carboxylic acids is 1. The molecule has 1 aromatic carbocycles. The Kier molecular flexibility index (Phi) is 3.96. The van der Waals surface area contributed by atoms with Crippen LogP contribution in [0.25, 0.3) is 0 Å². The lowest BCUT2D eigenvalue weighted by Crippen LogP contribution is -2.28. The predicted molar refractivity (Wildman–Crippen MR) is 77.3 cm³/mol. The summed E-state index contributed by atoms with van der Waals surface area (Å²) in [5.74, 6) is -2.11. The zero-order valence-corrected chi connectivity index (χ0v) is 13.2. The van der Waals surface area contributed by atoms with E-state index >= 15 is 0 Å². The Labute approximate surface area is 125 Å². The van der Waals surface area contributed by atoms with Crippen LogP contribution in [0.3, 0.4) is 0 Å². The summed E-state index contributed by atoms with van der Waals surface area (Å²) in [7, 11) is -3.55. The fourth-order valence-corrected chi connectivity index (χ4v) is 5.09. The predicted octanol–water partition coefficient (Wildman–Crippen LogP) is 1.41. The van der Waals surface area contributed by atoms with Crippen molar-refractivity contribution in [3.05, 3.63) is 34.3 Å². The van der Waals surface area contributed by atoms with E-state index in [1.165, 1.54) is 6.92 Å². The van der Waals surface area contributed by atoms with E-state index < -0.39 is 39.0 Å². The summed E-state index contributed by atoms with van der Waals surface area (Å²) in [4.78, 5) is 11.5. The van der Waals surface area contributed by atoms with Crippen molar-refractivity contribution >= 4 is 31.7 Å². The minimum absolute atomic E-state index is 0.139. The molecule has 0 amide bonds. The van der Waals surface area contributed by atoms with Crippen molar-refractivity contribution < 1.29 is 23.4 Å². The number of benzene rings is 1. The smallest absolute Gasteiger partial charge is 0.314 e. The Hall–Kier alpha value is -0.920. The van der Waals surface area contributed by atoms with Crippen LogP contribution in [0.1, 0.15) is 18.4 Å². The van der Waals surface area contributed by atoms with Crippen molar-refractivity contribution in [1.82, 2.24) is 0 Å². The lowest BCUT2D eigenvalue weighted by molar-refractivity contribution is -0.145. The molecule has 5 nitrogen and oxygen atoms in total. The molecule has 7 heteroatoms. The van der Waals surface area contributed by atoms with Crippen molar-refractivity contribution in [2.45, 2.75) is 18.1 Å². The molecule has 2 N–H and O–H groups in total.